The summed E-state index contributed by atoms with van der Waals surface area (Å²) in [6.45, 7) is 0. The first-order chi connectivity index (χ1) is 9.56. The topological polar surface area (TPSA) is 84.3 Å². The molecule has 1 aromatic rings. The van der Waals surface area contributed by atoms with E-state index in [2.05, 4.69) is 10.6 Å². The molecular formula is C13H16FN3O3. The second kappa shape index (κ2) is 6.31. The SMILES string of the molecule is O=C(Nc1cc([N+](=O)[O-])ccc1F)NC1CCCCC1. The van der Waals surface area contributed by atoms with Gasteiger partial charge in [-0.25, -0.2) is 9.18 Å². The van der Waals surface area contributed by atoms with Gasteiger partial charge >= 0.3 is 6.03 Å². The minimum absolute atomic E-state index is 0.0884. The summed E-state index contributed by atoms with van der Waals surface area (Å²) in [6.07, 6.45) is 5.11. The second-order valence-corrected chi connectivity index (χ2v) is 4.85. The van der Waals surface area contributed by atoms with Gasteiger partial charge in [0.25, 0.3) is 5.69 Å². The molecule has 1 fully saturated rings. The average Bonchev–Trinajstić information content (AvgIpc) is 2.42. The van der Waals surface area contributed by atoms with Gasteiger partial charge in [0.15, 0.2) is 0 Å². The average molecular weight is 281 g/mol. The van der Waals surface area contributed by atoms with Crippen LogP contribution in [-0.4, -0.2) is 17.0 Å². The Hall–Kier alpha value is -2.18. The number of amides is 2. The van der Waals surface area contributed by atoms with Crippen LogP contribution in [0.4, 0.5) is 20.6 Å². The first-order valence-corrected chi connectivity index (χ1v) is 6.58. The van der Waals surface area contributed by atoms with Gasteiger partial charge in [0.2, 0.25) is 0 Å². The first-order valence-electron chi connectivity index (χ1n) is 6.58. The number of urea groups is 1. The lowest BCUT2D eigenvalue weighted by atomic mass is 9.96. The molecular weight excluding hydrogens is 265 g/mol. The highest BCUT2D eigenvalue weighted by atomic mass is 19.1. The standard InChI is InChI=1S/C13H16FN3O3/c14-11-7-6-10(17(19)20)8-12(11)16-13(18)15-9-4-2-1-3-5-9/h6-9H,1-5H2,(H2,15,16,18). The summed E-state index contributed by atoms with van der Waals surface area (Å²) in [5.41, 5.74) is -0.452. The maximum absolute atomic E-state index is 13.5. The Balaban J connectivity index is 1.99. The number of benzene rings is 1. The number of non-ortho nitro benzene ring substituents is 1. The van der Waals surface area contributed by atoms with Crippen molar-refractivity contribution in [1.29, 1.82) is 0 Å². The molecule has 2 N–H and O–H groups in total. The zero-order valence-corrected chi connectivity index (χ0v) is 10.9. The van der Waals surface area contributed by atoms with E-state index in [0.717, 1.165) is 43.9 Å². The third-order valence-electron chi connectivity index (χ3n) is 3.35. The zero-order chi connectivity index (χ0) is 14.5. The van der Waals surface area contributed by atoms with Crippen LogP contribution in [0, 0.1) is 15.9 Å². The Bertz CT molecular complexity index is 516. The third-order valence-corrected chi connectivity index (χ3v) is 3.35. The van der Waals surface area contributed by atoms with Crippen LogP contribution in [0.3, 0.4) is 0 Å². The highest BCUT2D eigenvalue weighted by Crippen LogP contribution is 2.22. The van der Waals surface area contributed by atoms with Gasteiger partial charge in [0.1, 0.15) is 5.82 Å². The lowest BCUT2D eigenvalue weighted by molar-refractivity contribution is -0.384. The molecule has 108 valence electrons. The minimum atomic E-state index is -0.700. The number of nitro groups is 1. The van der Waals surface area contributed by atoms with Crippen LogP contribution >= 0.6 is 0 Å². The van der Waals surface area contributed by atoms with Crippen molar-refractivity contribution >= 4 is 17.4 Å². The largest absolute Gasteiger partial charge is 0.335 e. The Morgan fingerprint density at radius 3 is 2.65 bits per heavy atom. The Morgan fingerprint density at radius 1 is 1.30 bits per heavy atom. The maximum Gasteiger partial charge on any atom is 0.319 e. The van der Waals surface area contributed by atoms with Crippen LogP contribution in [0.25, 0.3) is 0 Å². The molecule has 0 aromatic heterocycles. The molecule has 0 heterocycles. The van der Waals surface area contributed by atoms with Gasteiger partial charge in [-0.05, 0) is 18.9 Å². The van der Waals surface area contributed by atoms with Gasteiger partial charge in [0, 0.05) is 18.2 Å². The highest BCUT2D eigenvalue weighted by molar-refractivity contribution is 5.89. The van der Waals surface area contributed by atoms with Crippen LogP contribution in [0.1, 0.15) is 32.1 Å². The number of hydrogen-bond donors (Lipinski definition) is 2. The molecule has 0 spiro atoms. The van der Waals surface area contributed by atoms with E-state index >= 15 is 0 Å². The number of carbonyl (C=O) groups excluding carboxylic acids is 1. The monoisotopic (exact) mass is 281 g/mol. The van der Waals surface area contributed by atoms with Crippen LogP contribution in [0.15, 0.2) is 18.2 Å². The van der Waals surface area contributed by atoms with Crippen molar-refractivity contribution in [2.75, 3.05) is 5.32 Å². The third kappa shape index (κ3) is 3.66. The van der Waals surface area contributed by atoms with E-state index in [4.69, 9.17) is 0 Å². The van der Waals surface area contributed by atoms with E-state index in [0.29, 0.717) is 0 Å². The number of nitrogens with zero attached hydrogens (tertiary/aromatic N) is 1. The van der Waals surface area contributed by atoms with Crippen LogP contribution in [0.5, 0.6) is 0 Å². The summed E-state index contributed by atoms with van der Waals surface area (Å²) in [5.74, 6) is -0.700. The van der Waals surface area contributed by atoms with Crippen LogP contribution in [-0.2, 0) is 0 Å². The smallest absolute Gasteiger partial charge is 0.319 e. The van der Waals surface area contributed by atoms with Crippen molar-refractivity contribution in [3.8, 4) is 0 Å². The molecule has 0 aliphatic heterocycles. The lowest BCUT2D eigenvalue weighted by Crippen LogP contribution is -2.39. The molecule has 0 bridgehead atoms. The molecule has 7 heteroatoms. The molecule has 1 saturated carbocycles. The fourth-order valence-corrected chi connectivity index (χ4v) is 2.31. The second-order valence-electron chi connectivity index (χ2n) is 4.85. The van der Waals surface area contributed by atoms with E-state index in [1.165, 1.54) is 6.42 Å². The van der Waals surface area contributed by atoms with E-state index in [-0.39, 0.29) is 17.4 Å². The minimum Gasteiger partial charge on any atom is -0.335 e. The molecule has 0 saturated heterocycles. The number of hydrogen-bond acceptors (Lipinski definition) is 3. The molecule has 1 aromatic carbocycles. The van der Waals surface area contributed by atoms with Gasteiger partial charge in [-0.15, -0.1) is 0 Å². The van der Waals surface area contributed by atoms with Crippen molar-refractivity contribution in [2.24, 2.45) is 0 Å². The number of carbonyl (C=O) groups is 1. The van der Waals surface area contributed by atoms with Gasteiger partial charge in [-0.2, -0.15) is 0 Å². The predicted molar refractivity (Wildman–Crippen MR) is 72.1 cm³/mol. The zero-order valence-electron chi connectivity index (χ0n) is 10.9. The normalized spacial score (nSPS) is 15.7. The molecule has 0 atom stereocenters. The van der Waals surface area contributed by atoms with Crippen LogP contribution in [0.2, 0.25) is 0 Å². The van der Waals surface area contributed by atoms with Gasteiger partial charge in [-0.3, -0.25) is 10.1 Å². The summed E-state index contributed by atoms with van der Waals surface area (Å²) in [6, 6.07) is 2.59. The van der Waals surface area contributed by atoms with E-state index in [1.54, 1.807) is 0 Å². The fourth-order valence-electron chi connectivity index (χ4n) is 2.31. The molecule has 2 rings (SSSR count). The van der Waals surface area contributed by atoms with E-state index in [9.17, 15) is 19.3 Å². The van der Waals surface area contributed by atoms with Gasteiger partial charge in [-0.1, -0.05) is 19.3 Å². The fraction of sp³-hybridized carbons (Fsp3) is 0.462. The number of nitrogens with one attached hydrogen (secondary N) is 2. The molecule has 0 unspecified atom stereocenters. The molecule has 1 aliphatic rings. The summed E-state index contributed by atoms with van der Waals surface area (Å²) in [7, 11) is 0. The van der Waals surface area contributed by atoms with E-state index < -0.39 is 16.8 Å². The first kappa shape index (κ1) is 14.2. The highest BCUT2D eigenvalue weighted by Gasteiger charge is 2.17. The Morgan fingerprint density at radius 2 is 2.00 bits per heavy atom. The van der Waals surface area contributed by atoms with Crippen molar-refractivity contribution < 1.29 is 14.1 Å². The number of rotatable bonds is 3. The molecule has 0 radical (unpaired) electrons. The van der Waals surface area contributed by atoms with Gasteiger partial charge < -0.3 is 10.6 Å². The molecule has 2 amide bonds. The Labute approximate surface area is 115 Å². The van der Waals surface area contributed by atoms with Crippen molar-refractivity contribution in [3.05, 3.63) is 34.1 Å². The summed E-state index contributed by atoms with van der Waals surface area (Å²) in [5, 5.41) is 15.7. The predicted octanol–water partition coefficient (Wildman–Crippen LogP) is 3.19. The lowest BCUT2D eigenvalue weighted by Gasteiger charge is -2.22. The van der Waals surface area contributed by atoms with Crippen LogP contribution < -0.4 is 10.6 Å². The summed E-state index contributed by atoms with van der Waals surface area (Å²) >= 11 is 0. The van der Waals surface area contributed by atoms with Gasteiger partial charge in [0.05, 0.1) is 10.6 Å². The van der Waals surface area contributed by atoms with Crippen molar-refractivity contribution in [1.82, 2.24) is 5.32 Å². The van der Waals surface area contributed by atoms with Crippen molar-refractivity contribution in [2.45, 2.75) is 38.1 Å². The Kier molecular flexibility index (Phi) is 4.49. The molecule has 20 heavy (non-hydrogen) atoms. The number of anilines is 1. The maximum atomic E-state index is 13.5. The number of halogens is 1. The quantitative estimate of drug-likeness (QED) is 0.659. The molecule has 1 aliphatic carbocycles. The number of nitro benzene ring substituents is 1. The summed E-state index contributed by atoms with van der Waals surface area (Å²) in [4.78, 5) is 21.7. The molecule has 6 nitrogen and oxygen atoms in total. The van der Waals surface area contributed by atoms with E-state index in [1.807, 2.05) is 0 Å². The summed E-state index contributed by atoms with van der Waals surface area (Å²) < 4.78 is 13.5. The van der Waals surface area contributed by atoms with Crippen molar-refractivity contribution in [3.63, 3.8) is 0 Å².